The lowest BCUT2D eigenvalue weighted by atomic mass is 9.89. The summed E-state index contributed by atoms with van der Waals surface area (Å²) in [5.41, 5.74) is 3.51. The van der Waals surface area contributed by atoms with E-state index in [9.17, 15) is 0 Å². The Balaban J connectivity index is 1.29. The van der Waals surface area contributed by atoms with E-state index in [2.05, 4.69) is 182 Å². The highest BCUT2D eigenvalue weighted by Gasteiger charge is 2.26. The van der Waals surface area contributed by atoms with Gasteiger partial charge in [0, 0.05) is 16.8 Å². The maximum Gasteiger partial charge on any atom is 0.112 e. The zero-order chi connectivity index (χ0) is 30.8. The Labute approximate surface area is 270 Å². The molecule has 2 heteroatoms. The van der Waals surface area contributed by atoms with Crippen LogP contribution in [0.1, 0.15) is 0 Å². The second kappa shape index (κ2) is 10.3. The van der Waals surface area contributed by atoms with Gasteiger partial charge in [0.25, 0.3) is 0 Å². The molecule has 0 amide bonds. The van der Waals surface area contributed by atoms with Crippen molar-refractivity contribution in [2.75, 3.05) is 4.90 Å². The zero-order valence-corrected chi connectivity index (χ0v) is 27.0. The number of benzene rings is 9. The molecule has 0 aromatic heterocycles. The predicted molar refractivity (Wildman–Crippen MR) is 203 cm³/mol. The molecule has 218 valence electrons. The van der Waals surface area contributed by atoms with E-state index in [0.717, 1.165) is 11.4 Å². The first kappa shape index (κ1) is 26.9. The molecule has 0 fully saturated rings. The SMILES string of the molecule is C[Si](C)(c1ccccc1)c1ccc(N(c2ccc3ccccc3c2)c2ccc3c4cccc5cccc(c6cccc2c63)c54)cc1. The molecule has 0 spiro atoms. The summed E-state index contributed by atoms with van der Waals surface area (Å²) in [7, 11) is -1.84. The molecule has 0 radical (unpaired) electrons. The number of anilines is 3. The molecule has 0 aliphatic rings. The maximum absolute atomic E-state index is 2.46. The molecule has 0 saturated carbocycles. The third kappa shape index (κ3) is 4.07. The summed E-state index contributed by atoms with van der Waals surface area (Å²) >= 11 is 0. The Morgan fingerprint density at radius 3 is 1.65 bits per heavy atom. The highest BCUT2D eigenvalue weighted by Crippen LogP contribution is 2.46. The predicted octanol–water partition coefficient (Wildman–Crippen LogP) is 11.2. The van der Waals surface area contributed by atoms with Gasteiger partial charge in [-0.3, -0.25) is 0 Å². The third-order valence-electron chi connectivity index (χ3n) is 10.1. The van der Waals surface area contributed by atoms with Crippen molar-refractivity contribution >= 4 is 89.4 Å². The normalized spacial score (nSPS) is 12.1. The quantitative estimate of drug-likeness (QED) is 0.107. The molecule has 1 nitrogen and oxygen atoms in total. The van der Waals surface area contributed by atoms with Crippen LogP contribution in [0.2, 0.25) is 13.1 Å². The smallest absolute Gasteiger partial charge is 0.112 e. The first-order valence-corrected chi connectivity index (χ1v) is 19.1. The fourth-order valence-corrected chi connectivity index (χ4v) is 9.98. The largest absolute Gasteiger partial charge is 0.310 e. The molecule has 0 saturated heterocycles. The summed E-state index contributed by atoms with van der Waals surface area (Å²) in [6.07, 6.45) is 0. The van der Waals surface area contributed by atoms with Crippen molar-refractivity contribution in [1.82, 2.24) is 0 Å². The molecule has 9 aromatic carbocycles. The Bertz CT molecular complexity index is 2500. The molecule has 9 aromatic rings. The minimum atomic E-state index is -1.84. The van der Waals surface area contributed by atoms with Crippen molar-refractivity contribution in [3.8, 4) is 0 Å². The Hall–Kier alpha value is -5.44. The number of nitrogens with zero attached hydrogens (tertiary/aromatic N) is 1. The minimum absolute atomic E-state index is 1.16. The van der Waals surface area contributed by atoms with Crippen LogP contribution in [0.25, 0.3) is 53.9 Å². The fraction of sp³-hybridized carbons (Fsp3) is 0.0455. The molecule has 46 heavy (non-hydrogen) atoms. The molecule has 0 unspecified atom stereocenters. The lowest BCUT2D eigenvalue weighted by Crippen LogP contribution is -2.52. The molecule has 0 bridgehead atoms. The van der Waals surface area contributed by atoms with Crippen LogP contribution in [0, 0.1) is 0 Å². The van der Waals surface area contributed by atoms with E-state index in [1.54, 1.807) is 0 Å². The summed E-state index contributed by atoms with van der Waals surface area (Å²) in [5.74, 6) is 0. The Morgan fingerprint density at radius 2 is 0.913 bits per heavy atom. The third-order valence-corrected chi connectivity index (χ3v) is 13.6. The number of fused-ring (bicyclic) bond motifs is 3. The molecule has 9 rings (SSSR count). The first-order valence-electron chi connectivity index (χ1n) is 16.1. The van der Waals surface area contributed by atoms with Crippen LogP contribution in [0.15, 0.2) is 164 Å². The molecule has 0 N–H and O–H groups in total. The van der Waals surface area contributed by atoms with Crippen LogP contribution in [-0.2, 0) is 0 Å². The summed E-state index contributed by atoms with van der Waals surface area (Å²) in [6, 6.07) is 60.8. The van der Waals surface area contributed by atoms with Gasteiger partial charge in [-0.25, -0.2) is 0 Å². The van der Waals surface area contributed by atoms with Gasteiger partial charge in [-0.2, -0.15) is 0 Å². The van der Waals surface area contributed by atoms with Gasteiger partial charge in [-0.15, -0.1) is 0 Å². The van der Waals surface area contributed by atoms with E-state index in [-0.39, 0.29) is 0 Å². The highest BCUT2D eigenvalue weighted by molar-refractivity contribution is 7.00. The molecular formula is C44H33NSi. The maximum atomic E-state index is 2.46. The first-order chi connectivity index (χ1) is 22.6. The van der Waals surface area contributed by atoms with Gasteiger partial charge >= 0.3 is 0 Å². The number of rotatable bonds is 5. The van der Waals surface area contributed by atoms with E-state index < -0.39 is 8.07 Å². The van der Waals surface area contributed by atoms with Crippen molar-refractivity contribution in [3.05, 3.63) is 164 Å². The Morgan fingerprint density at radius 1 is 0.370 bits per heavy atom. The van der Waals surface area contributed by atoms with Gasteiger partial charge < -0.3 is 4.90 Å². The van der Waals surface area contributed by atoms with Crippen LogP contribution in [0.3, 0.4) is 0 Å². The Kier molecular flexibility index (Phi) is 6.03. The van der Waals surface area contributed by atoms with Crippen molar-refractivity contribution in [1.29, 1.82) is 0 Å². The summed E-state index contributed by atoms with van der Waals surface area (Å²) in [6.45, 7) is 4.89. The van der Waals surface area contributed by atoms with Crippen LogP contribution < -0.4 is 15.3 Å². The lowest BCUT2D eigenvalue weighted by Gasteiger charge is -2.29. The van der Waals surface area contributed by atoms with Crippen LogP contribution >= 0.6 is 0 Å². The summed E-state index contributed by atoms with van der Waals surface area (Å²) in [4.78, 5) is 2.46. The van der Waals surface area contributed by atoms with Crippen molar-refractivity contribution in [3.63, 3.8) is 0 Å². The van der Waals surface area contributed by atoms with Gasteiger partial charge in [0.15, 0.2) is 0 Å². The molecule has 0 aliphatic heterocycles. The van der Waals surface area contributed by atoms with E-state index in [1.807, 2.05) is 0 Å². The molecule has 0 aliphatic carbocycles. The average molecular weight is 604 g/mol. The van der Waals surface area contributed by atoms with E-state index in [1.165, 1.54) is 69.9 Å². The van der Waals surface area contributed by atoms with E-state index in [0.29, 0.717) is 0 Å². The van der Waals surface area contributed by atoms with E-state index in [4.69, 9.17) is 0 Å². The number of hydrogen-bond donors (Lipinski definition) is 0. The summed E-state index contributed by atoms with van der Waals surface area (Å²) < 4.78 is 0. The minimum Gasteiger partial charge on any atom is -0.310 e. The molecule has 0 atom stereocenters. The van der Waals surface area contributed by atoms with Gasteiger partial charge in [0.2, 0.25) is 0 Å². The van der Waals surface area contributed by atoms with Crippen LogP contribution in [0.4, 0.5) is 17.1 Å². The van der Waals surface area contributed by atoms with Gasteiger partial charge in [0.05, 0.1) is 5.69 Å². The highest BCUT2D eigenvalue weighted by atomic mass is 28.3. The number of hydrogen-bond acceptors (Lipinski definition) is 1. The second-order valence-electron chi connectivity index (χ2n) is 13.0. The van der Waals surface area contributed by atoms with E-state index >= 15 is 0 Å². The van der Waals surface area contributed by atoms with Crippen molar-refractivity contribution < 1.29 is 0 Å². The monoisotopic (exact) mass is 603 g/mol. The van der Waals surface area contributed by atoms with Crippen molar-refractivity contribution in [2.45, 2.75) is 13.1 Å². The second-order valence-corrected chi connectivity index (χ2v) is 17.4. The van der Waals surface area contributed by atoms with Gasteiger partial charge in [-0.1, -0.05) is 157 Å². The topological polar surface area (TPSA) is 3.24 Å². The van der Waals surface area contributed by atoms with Crippen LogP contribution in [-0.4, -0.2) is 8.07 Å². The summed E-state index contributed by atoms with van der Waals surface area (Å²) in [5, 5.41) is 15.9. The van der Waals surface area contributed by atoms with Gasteiger partial charge in [-0.05, 0) is 78.8 Å². The molecule has 0 heterocycles. The fourth-order valence-electron chi connectivity index (χ4n) is 7.62. The lowest BCUT2D eigenvalue weighted by molar-refractivity contribution is 1.31. The van der Waals surface area contributed by atoms with Gasteiger partial charge in [0.1, 0.15) is 8.07 Å². The molecular weight excluding hydrogens is 571 g/mol. The van der Waals surface area contributed by atoms with Crippen molar-refractivity contribution in [2.24, 2.45) is 0 Å². The standard InChI is InChI=1S/C44H33NSi/c1-46(2,35-15-4-3-5-16-35)36-25-23-33(24-26-36)45(34-22-21-30-11-6-7-12-32(30)29-34)42-28-27-40-38-18-9-14-31-13-8-17-37(43(31)38)39-19-10-20-41(42)44(39)40/h3-29H,1-2H3. The zero-order valence-electron chi connectivity index (χ0n) is 26.0. The van der Waals surface area contributed by atoms with Crippen LogP contribution in [0.5, 0.6) is 0 Å². The average Bonchev–Trinajstić information content (AvgIpc) is 3.11.